The number of benzene rings is 1. The minimum atomic E-state index is -3.48. The first-order chi connectivity index (χ1) is 9.45. The van der Waals surface area contributed by atoms with E-state index in [-0.39, 0.29) is 4.90 Å². The maximum atomic E-state index is 12.4. The smallest absolute Gasteiger partial charge is 0.337 e. The molecule has 20 heavy (non-hydrogen) atoms. The molecule has 0 bridgehead atoms. The second-order valence-electron chi connectivity index (χ2n) is 4.72. The molecule has 0 N–H and O–H groups in total. The molecule has 0 atom stereocenters. The summed E-state index contributed by atoms with van der Waals surface area (Å²) in [5.41, 5.74) is 0.338. The van der Waals surface area contributed by atoms with Crippen molar-refractivity contribution in [1.82, 2.24) is 9.21 Å². The zero-order valence-electron chi connectivity index (χ0n) is 11.6. The van der Waals surface area contributed by atoms with Crippen molar-refractivity contribution in [3.63, 3.8) is 0 Å². The van der Waals surface area contributed by atoms with Crippen LogP contribution < -0.4 is 0 Å². The average Bonchev–Trinajstić information content (AvgIpc) is 2.47. The van der Waals surface area contributed by atoms with Crippen LogP contribution in [0.2, 0.25) is 0 Å². The Balaban J connectivity index is 2.19. The van der Waals surface area contributed by atoms with Crippen LogP contribution >= 0.6 is 0 Å². The van der Waals surface area contributed by atoms with Crippen LogP contribution in [-0.4, -0.2) is 63.9 Å². The summed E-state index contributed by atoms with van der Waals surface area (Å²) in [6.45, 7) is 2.41. The van der Waals surface area contributed by atoms with Crippen LogP contribution in [0.1, 0.15) is 10.4 Å². The number of piperazine rings is 1. The standard InChI is InChI=1S/C13H18N2O4S/c1-14-7-9-15(10-8-14)20(17,18)12-5-3-11(4-6-12)13(16)19-2/h3-6H,7-10H2,1-2H3. The van der Waals surface area contributed by atoms with E-state index < -0.39 is 16.0 Å². The van der Waals surface area contributed by atoms with Gasteiger partial charge in [0.2, 0.25) is 10.0 Å². The molecule has 1 heterocycles. The minimum Gasteiger partial charge on any atom is -0.465 e. The van der Waals surface area contributed by atoms with Crippen molar-refractivity contribution in [2.75, 3.05) is 40.3 Å². The van der Waals surface area contributed by atoms with E-state index in [1.54, 1.807) is 0 Å². The molecular weight excluding hydrogens is 280 g/mol. The molecule has 1 aromatic carbocycles. The van der Waals surface area contributed by atoms with Gasteiger partial charge in [-0.1, -0.05) is 0 Å². The monoisotopic (exact) mass is 298 g/mol. The topological polar surface area (TPSA) is 66.9 Å². The molecule has 1 aliphatic heterocycles. The van der Waals surface area contributed by atoms with E-state index >= 15 is 0 Å². The van der Waals surface area contributed by atoms with Crippen LogP contribution in [0, 0.1) is 0 Å². The summed E-state index contributed by atoms with van der Waals surface area (Å²) in [5, 5.41) is 0. The number of sulfonamides is 1. The molecule has 1 aromatic rings. The van der Waals surface area contributed by atoms with Crippen LogP contribution in [0.15, 0.2) is 29.2 Å². The van der Waals surface area contributed by atoms with Crippen molar-refractivity contribution < 1.29 is 17.9 Å². The predicted octanol–water partition coefficient (Wildman–Crippen LogP) is 0.409. The van der Waals surface area contributed by atoms with E-state index in [4.69, 9.17) is 0 Å². The highest BCUT2D eigenvalue weighted by Gasteiger charge is 2.27. The largest absolute Gasteiger partial charge is 0.465 e. The molecule has 2 rings (SSSR count). The Bertz CT molecular complexity index is 575. The zero-order chi connectivity index (χ0) is 14.8. The van der Waals surface area contributed by atoms with Gasteiger partial charge in [-0.3, -0.25) is 0 Å². The molecule has 0 amide bonds. The number of rotatable bonds is 3. The summed E-state index contributed by atoms with van der Waals surface area (Å²) in [7, 11) is -0.224. The quantitative estimate of drug-likeness (QED) is 0.756. The lowest BCUT2D eigenvalue weighted by atomic mass is 10.2. The Morgan fingerprint density at radius 3 is 2.15 bits per heavy atom. The fraction of sp³-hybridized carbons (Fsp3) is 0.462. The lowest BCUT2D eigenvalue weighted by Crippen LogP contribution is -2.47. The third-order valence-corrected chi connectivity index (χ3v) is 5.29. The molecule has 6 nitrogen and oxygen atoms in total. The Labute approximate surface area is 119 Å². The summed E-state index contributed by atoms with van der Waals surface area (Å²) in [5.74, 6) is -0.478. The Hall–Kier alpha value is -1.44. The molecule has 1 saturated heterocycles. The van der Waals surface area contributed by atoms with Gasteiger partial charge in [-0.15, -0.1) is 0 Å². The van der Waals surface area contributed by atoms with Crippen molar-refractivity contribution in [3.8, 4) is 0 Å². The van der Waals surface area contributed by atoms with Crippen LogP contribution in [-0.2, 0) is 14.8 Å². The molecule has 1 aliphatic rings. The number of nitrogens with zero attached hydrogens (tertiary/aromatic N) is 2. The molecule has 7 heteroatoms. The Morgan fingerprint density at radius 1 is 1.10 bits per heavy atom. The molecule has 0 unspecified atom stereocenters. The first kappa shape index (κ1) is 15.0. The lowest BCUT2D eigenvalue weighted by Gasteiger charge is -2.31. The Kier molecular flexibility index (Phi) is 4.42. The number of hydrogen-bond acceptors (Lipinski definition) is 5. The van der Waals surface area contributed by atoms with Crippen molar-refractivity contribution in [2.24, 2.45) is 0 Å². The number of ether oxygens (including phenoxy) is 1. The fourth-order valence-corrected chi connectivity index (χ4v) is 3.48. The van der Waals surface area contributed by atoms with E-state index in [1.165, 1.54) is 35.7 Å². The van der Waals surface area contributed by atoms with Gasteiger partial charge < -0.3 is 9.64 Å². The highest BCUT2D eigenvalue weighted by Crippen LogP contribution is 2.18. The SMILES string of the molecule is COC(=O)c1ccc(S(=O)(=O)N2CCN(C)CC2)cc1. The highest BCUT2D eigenvalue weighted by atomic mass is 32.2. The molecular formula is C13H18N2O4S. The molecule has 0 aliphatic carbocycles. The summed E-state index contributed by atoms with van der Waals surface area (Å²) >= 11 is 0. The molecule has 0 spiro atoms. The lowest BCUT2D eigenvalue weighted by molar-refractivity contribution is 0.0600. The van der Waals surface area contributed by atoms with E-state index in [0.717, 1.165) is 13.1 Å². The Morgan fingerprint density at radius 2 is 1.65 bits per heavy atom. The van der Waals surface area contributed by atoms with Gasteiger partial charge in [0, 0.05) is 26.2 Å². The van der Waals surface area contributed by atoms with Gasteiger partial charge in [-0.25, -0.2) is 13.2 Å². The fourth-order valence-electron chi connectivity index (χ4n) is 2.06. The van der Waals surface area contributed by atoms with Gasteiger partial charge in [0.15, 0.2) is 0 Å². The average molecular weight is 298 g/mol. The van der Waals surface area contributed by atoms with Crippen molar-refractivity contribution >= 4 is 16.0 Å². The number of carbonyl (C=O) groups is 1. The van der Waals surface area contributed by atoms with E-state index in [1.807, 2.05) is 7.05 Å². The molecule has 0 aromatic heterocycles. The summed E-state index contributed by atoms with van der Waals surface area (Å²) < 4.78 is 30.9. The first-order valence-electron chi connectivity index (χ1n) is 6.32. The van der Waals surface area contributed by atoms with Crippen LogP contribution in [0.4, 0.5) is 0 Å². The van der Waals surface area contributed by atoms with Crippen molar-refractivity contribution in [1.29, 1.82) is 0 Å². The van der Waals surface area contributed by atoms with E-state index in [0.29, 0.717) is 18.7 Å². The van der Waals surface area contributed by atoms with Crippen LogP contribution in [0.25, 0.3) is 0 Å². The molecule has 0 saturated carbocycles. The zero-order valence-corrected chi connectivity index (χ0v) is 12.4. The summed E-state index contributed by atoms with van der Waals surface area (Å²) in [6.07, 6.45) is 0. The van der Waals surface area contributed by atoms with Gasteiger partial charge in [0.1, 0.15) is 0 Å². The minimum absolute atomic E-state index is 0.203. The number of hydrogen-bond donors (Lipinski definition) is 0. The summed E-state index contributed by atoms with van der Waals surface area (Å²) in [4.78, 5) is 13.6. The number of carbonyl (C=O) groups excluding carboxylic acids is 1. The van der Waals surface area contributed by atoms with Crippen LogP contribution in [0.3, 0.4) is 0 Å². The molecule has 0 radical (unpaired) electrons. The molecule has 1 fully saturated rings. The second kappa shape index (κ2) is 5.90. The van der Waals surface area contributed by atoms with Gasteiger partial charge in [0.05, 0.1) is 17.6 Å². The molecule has 110 valence electrons. The van der Waals surface area contributed by atoms with Crippen molar-refractivity contribution in [3.05, 3.63) is 29.8 Å². The first-order valence-corrected chi connectivity index (χ1v) is 7.76. The second-order valence-corrected chi connectivity index (χ2v) is 6.66. The third-order valence-electron chi connectivity index (χ3n) is 3.38. The number of methoxy groups -OCH3 is 1. The van der Waals surface area contributed by atoms with Crippen molar-refractivity contribution in [2.45, 2.75) is 4.90 Å². The number of likely N-dealkylation sites (N-methyl/N-ethyl adjacent to an activating group) is 1. The summed E-state index contributed by atoms with van der Waals surface area (Å²) in [6, 6.07) is 5.82. The number of esters is 1. The van der Waals surface area contributed by atoms with Gasteiger partial charge in [0.25, 0.3) is 0 Å². The van der Waals surface area contributed by atoms with Gasteiger partial charge in [-0.05, 0) is 31.3 Å². The van der Waals surface area contributed by atoms with Crippen LogP contribution in [0.5, 0.6) is 0 Å². The third kappa shape index (κ3) is 3.00. The maximum absolute atomic E-state index is 12.4. The van der Waals surface area contributed by atoms with E-state index in [2.05, 4.69) is 9.64 Å². The normalized spacial score (nSPS) is 17.9. The van der Waals surface area contributed by atoms with E-state index in [9.17, 15) is 13.2 Å². The predicted molar refractivity (Wildman–Crippen MR) is 74.0 cm³/mol. The highest BCUT2D eigenvalue weighted by molar-refractivity contribution is 7.89. The maximum Gasteiger partial charge on any atom is 0.337 e. The van der Waals surface area contributed by atoms with Gasteiger partial charge in [-0.2, -0.15) is 4.31 Å². The van der Waals surface area contributed by atoms with Gasteiger partial charge >= 0.3 is 5.97 Å².